The summed E-state index contributed by atoms with van der Waals surface area (Å²) in [6.07, 6.45) is 77.9. The molecule has 0 aliphatic rings. The van der Waals surface area contributed by atoms with Gasteiger partial charge in [0.15, 0.2) is 0 Å². The molecular formula is C67H129NO5. The molecule has 0 rings (SSSR count). The van der Waals surface area contributed by atoms with Gasteiger partial charge >= 0.3 is 5.97 Å². The third-order valence-electron chi connectivity index (χ3n) is 15.5. The zero-order valence-electron chi connectivity index (χ0n) is 49.4. The molecule has 6 nitrogen and oxygen atoms in total. The first-order valence-electron chi connectivity index (χ1n) is 33.1. The second-order valence-corrected chi connectivity index (χ2v) is 22.8. The molecule has 0 aromatic heterocycles. The molecule has 0 heterocycles. The number of allylic oxidation sites excluding steroid dienone is 4. The minimum atomic E-state index is -0.662. The van der Waals surface area contributed by atoms with Crippen molar-refractivity contribution in [1.29, 1.82) is 0 Å². The maximum Gasteiger partial charge on any atom is 0.305 e. The van der Waals surface area contributed by atoms with Crippen molar-refractivity contribution in [3.05, 3.63) is 24.3 Å². The highest BCUT2D eigenvalue weighted by Crippen LogP contribution is 2.18. The second-order valence-electron chi connectivity index (χ2n) is 22.8. The van der Waals surface area contributed by atoms with Gasteiger partial charge in [0, 0.05) is 12.8 Å². The Morgan fingerprint density at radius 3 is 0.973 bits per heavy atom. The Labute approximate surface area is 456 Å². The summed E-state index contributed by atoms with van der Waals surface area (Å²) < 4.78 is 5.50. The molecule has 0 aliphatic heterocycles. The Kier molecular flexibility index (Phi) is 61.4. The van der Waals surface area contributed by atoms with E-state index in [9.17, 15) is 19.8 Å². The summed E-state index contributed by atoms with van der Waals surface area (Å²) in [4.78, 5) is 24.5. The van der Waals surface area contributed by atoms with E-state index in [1.165, 1.54) is 289 Å². The summed E-state index contributed by atoms with van der Waals surface area (Å²) in [5.74, 6) is -0.0220. The van der Waals surface area contributed by atoms with Gasteiger partial charge in [0.05, 0.1) is 25.4 Å². The maximum atomic E-state index is 12.4. The zero-order valence-corrected chi connectivity index (χ0v) is 49.4. The Bertz CT molecular complexity index is 1140. The van der Waals surface area contributed by atoms with Crippen molar-refractivity contribution in [2.45, 2.75) is 379 Å². The van der Waals surface area contributed by atoms with Crippen LogP contribution in [0.15, 0.2) is 24.3 Å². The van der Waals surface area contributed by atoms with Gasteiger partial charge in [0.25, 0.3) is 0 Å². The number of nitrogens with one attached hydrogen (secondary N) is 1. The summed E-state index contributed by atoms with van der Waals surface area (Å²) >= 11 is 0. The van der Waals surface area contributed by atoms with E-state index < -0.39 is 12.1 Å². The van der Waals surface area contributed by atoms with E-state index in [1.807, 2.05) is 0 Å². The number of hydrogen-bond donors (Lipinski definition) is 3. The van der Waals surface area contributed by atoms with Crippen LogP contribution in [0, 0.1) is 0 Å². The largest absolute Gasteiger partial charge is 0.466 e. The fourth-order valence-corrected chi connectivity index (χ4v) is 10.4. The minimum absolute atomic E-state index is 0.0133. The number of amides is 1. The zero-order chi connectivity index (χ0) is 52.9. The quantitative estimate of drug-likeness (QED) is 0.0320. The maximum absolute atomic E-state index is 12.4. The van der Waals surface area contributed by atoms with Gasteiger partial charge in [-0.1, -0.05) is 301 Å². The highest BCUT2D eigenvalue weighted by Gasteiger charge is 2.20. The number of rotatable bonds is 62. The Balaban J connectivity index is 3.34. The molecule has 0 aliphatic carbocycles. The number of hydrogen-bond acceptors (Lipinski definition) is 5. The van der Waals surface area contributed by atoms with Gasteiger partial charge < -0.3 is 20.3 Å². The minimum Gasteiger partial charge on any atom is -0.466 e. The lowest BCUT2D eigenvalue weighted by atomic mass is 10.0. The van der Waals surface area contributed by atoms with Crippen LogP contribution in [0.2, 0.25) is 0 Å². The van der Waals surface area contributed by atoms with E-state index in [0.717, 1.165) is 44.9 Å². The number of carbonyl (C=O) groups excluding carboxylic acids is 2. The lowest BCUT2D eigenvalue weighted by molar-refractivity contribution is -0.143. The first kappa shape index (κ1) is 71.3. The molecule has 6 heteroatoms. The number of esters is 1. The normalized spacial score (nSPS) is 12.7. The summed E-state index contributed by atoms with van der Waals surface area (Å²) in [5.41, 5.74) is 0. The summed E-state index contributed by atoms with van der Waals surface area (Å²) in [5, 5.41) is 23.2. The average molecular weight is 1030 g/mol. The molecule has 3 N–H and O–H groups in total. The van der Waals surface area contributed by atoms with Gasteiger partial charge in [0.1, 0.15) is 0 Å². The van der Waals surface area contributed by atoms with Crippen molar-refractivity contribution in [1.82, 2.24) is 5.32 Å². The van der Waals surface area contributed by atoms with Crippen molar-refractivity contribution in [3.63, 3.8) is 0 Å². The van der Waals surface area contributed by atoms with E-state index in [4.69, 9.17) is 4.74 Å². The van der Waals surface area contributed by atoms with E-state index in [-0.39, 0.29) is 18.5 Å². The fourth-order valence-electron chi connectivity index (χ4n) is 10.4. The topological polar surface area (TPSA) is 95.9 Å². The molecule has 1 amide bonds. The van der Waals surface area contributed by atoms with Crippen LogP contribution >= 0.6 is 0 Å². The van der Waals surface area contributed by atoms with Gasteiger partial charge in [-0.05, 0) is 77.0 Å². The lowest BCUT2D eigenvalue weighted by Crippen LogP contribution is -2.45. The van der Waals surface area contributed by atoms with E-state index in [2.05, 4.69) is 43.5 Å². The first-order chi connectivity index (χ1) is 36.0. The SMILES string of the molecule is CCCCCCCCC/C=C\CCCCCCCCCC(=O)OCCCCCCCCCCCCCC/C=C\CCCCCCCCCCCCCCC(=O)NC(CO)C(O)CCCCCCCCCCCC. The van der Waals surface area contributed by atoms with Crippen LogP contribution < -0.4 is 5.32 Å². The molecule has 0 spiro atoms. The molecule has 0 radical (unpaired) electrons. The Morgan fingerprint density at radius 1 is 0.370 bits per heavy atom. The molecule has 0 fully saturated rings. The molecule has 432 valence electrons. The van der Waals surface area contributed by atoms with Gasteiger partial charge in [-0.3, -0.25) is 9.59 Å². The van der Waals surface area contributed by atoms with Crippen molar-refractivity contribution < 1.29 is 24.5 Å². The third kappa shape index (κ3) is 59.4. The second kappa shape index (κ2) is 62.9. The van der Waals surface area contributed by atoms with Crippen molar-refractivity contribution in [2.24, 2.45) is 0 Å². The number of carbonyl (C=O) groups is 2. The van der Waals surface area contributed by atoms with Gasteiger partial charge in [0.2, 0.25) is 5.91 Å². The average Bonchev–Trinajstić information content (AvgIpc) is 3.39. The van der Waals surface area contributed by atoms with E-state index >= 15 is 0 Å². The van der Waals surface area contributed by atoms with Crippen LogP contribution in [0.3, 0.4) is 0 Å². The highest BCUT2D eigenvalue weighted by atomic mass is 16.5. The lowest BCUT2D eigenvalue weighted by Gasteiger charge is -2.22. The van der Waals surface area contributed by atoms with Crippen LogP contribution in [0.4, 0.5) is 0 Å². The van der Waals surface area contributed by atoms with Crippen molar-refractivity contribution in [2.75, 3.05) is 13.2 Å². The number of ether oxygens (including phenoxy) is 1. The molecule has 0 aromatic rings. The van der Waals surface area contributed by atoms with Crippen LogP contribution in [0.5, 0.6) is 0 Å². The molecular weight excluding hydrogens is 899 g/mol. The summed E-state index contributed by atoms with van der Waals surface area (Å²) in [6.45, 7) is 4.96. The molecule has 0 saturated heterocycles. The van der Waals surface area contributed by atoms with Crippen molar-refractivity contribution >= 4 is 11.9 Å². The molecule has 0 bridgehead atoms. The van der Waals surface area contributed by atoms with Gasteiger partial charge in [-0.15, -0.1) is 0 Å². The van der Waals surface area contributed by atoms with Crippen LogP contribution in [-0.4, -0.2) is 47.4 Å². The standard InChI is InChI=1S/C67H129NO5/c1-3-5-7-9-11-13-15-16-17-18-32-35-38-41-45-49-53-57-61-67(72)73-62-58-54-50-46-42-39-36-33-30-28-26-24-22-20-19-21-23-25-27-29-31-34-37-40-44-48-52-56-60-66(71)68-64(63-69)65(70)59-55-51-47-43-14-12-10-8-6-4-2/h17-20,64-65,69-70H,3-16,21-63H2,1-2H3,(H,68,71)/b18-17-,20-19-. The molecule has 73 heavy (non-hydrogen) atoms. The predicted molar refractivity (Wildman–Crippen MR) is 320 cm³/mol. The van der Waals surface area contributed by atoms with Crippen molar-refractivity contribution in [3.8, 4) is 0 Å². The molecule has 0 saturated carbocycles. The van der Waals surface area contributed by atoms with Gasteiger partial charge in [-0.2, -0.15) is 0 Å². The highest BCUT2D eigenvalue weighted by molar-refractivity contribution is 5.76. The van der Waals surface area contributed by atoms with E-state index in [1.54, 1.807) is 0 Å². The number of aliphatic hydroxyl groups excluding tert-OH is 2. The molecule has 0 aromatic carbocycles. The summed E-state index contributed by atoms with van der Waals surface area (Å²) in [6, 6.07) is -0.539. The smallest absolute Gasteiger partial charge is 0.305 e. The third-order valence-corrected chi connectivity index (χ3v) is 15.5. The first-order valence-corrected chi connectivity index (χ1v) is 33.1. The molecule has 2 unspecified atom stereocenters. The Morgan fingerprint density at radius 2 is 0.644 bits per heavy atom. The van der Waals surface area contributed by atoms with Crippen LogP contribution in [0.1, 0.15) is 367 Å². The van der Waals surface area contributed by atoms with Crippen LogP contribution in [0.25, 0.3) is 0 Å². The van der Waals surface area contributed by atoms with Crippen LogP contribution in [-0.2, 0) is 14.3 Å². The monoisotopic (exact) mass is 1030 g/mol. The summed E-state index contributed by atoms with van der Waals surface area (Å²) in [7, 11) is 0. The molecule has 2 atom stereocenters. The number of unbranched alkanes of at least 4 members (excludes halogenated alkanes) is 47. The fraction of sp³-hybridized carbons (Fsp3) is 0.910. The number of aliphatic hydroxyl groups is 2. The van der Waals surface area contributed by atoms with Gasteiger partial charge in [-0.25, -0.2) is 0 Å². The van der Waals surface area contributed by atoms with E-state index in [0.29, 0.717) is 25.9 Å². The predicted octanol–water partition coefficient (Wildman–Crippen LogP) is 21.0. The Hall–Kier alpha value is -1.66.